The molecule has 0 saturated heterocycles. The van der Waals surface area contributed by atoms with Gasteiger partial charge in [-0.05, 0) is 43.0 Å². The van der Waals surface area contributed by atoms with Gasteiger partial charge in [0.05, 0.1) is 6.61 Å². The van der Waals surface area contributed by atoms with E-state index in [1.165, 1.54) is 0 Å². The highest BCUT2D eigenvalue weighted by molar-refractivity contribution is 5.67. The molecule has 1 aromatic rings. The lowest BCUT2D eigenvalue weighted by atomic mass is 9.92. The normalized spacial score (nSPS) is 24.3. The zero-order valence-corrected chi connectivity index (χ0v) is 11.2. The third-order valence-electron chi connectivity index (χ3n) is 3.74. The Balaban J connectivity index is 2.18. The van der Waals surface area contributed by atoms with Gasteiger partial charge in [0.2, 0.25) is 0 Å². The predicted octanol–water partition coefficient (Wildman–Crippen LogP) is 1.96. The van der Waals surface area contributed by atoms with Crippen LogP contribution in [0.15, 0.2) is 18.2 Å². The Morgan fingerprint density at radius 1 is 1.55 bits per heavy atom. The van der Waals surface area contributed by atoms with Gasteiger partial charge in [0.1, 0.15) is 11.6 Å². The molecule has 110 valence electrons. The highest BCUT2D eigenvalue weighted by Crippen LogP contribution is 2.54. The number of nitrogens with one attached hydrogen (secondary N) is 1. The molecule has 1 aromatic carbocycles. The van der Waals surface area contributed by atoms with Crippen molar-refractivity contribution in [2.24, 2.45) is 5.92 Å². The second-order valence-corrected chi connectivity index (χ2v) is 4.94. The van der Waals surface area contributed by atoms with Crippen molar-refractivity contribution < 1.29 is 23.4 Å². The quantitative estimate of drug-likeness (QED) is 0.869. The number of hydrogen-bond donors (Lipinski definition) is 2. The Labute approximate surface area is 115 Å². The fraction of sp³-hybridized carbons (Fsp3) is 0.500. The number of carbonyl (C=O) groups excluding carboxylic acids is 1. The second kappa shape index (κ2) is 5.75. The number of aliphatic hydroxyl groups excluding tert-OH is 1. The molecule has 1 aliphatic rings. The first-order valence-corrected chi connectivity index (χ1v) is 6.50. The number of alkyl carbamates (subject to hydrolysis) is 1. The van der Waals surface area contributed by atoms with Crippen molar-refractivity contribution in [3.63, 3.8) is 0 Å². The zero-order chi connectivity index (χ0) is 14.8. The Kier molecular flexibility index (Phi) is 4.23. The van der Waals surface area contributed by atoms with Crippen molar-refractivity contribution in [2.45, 2.75) is 18.8 Å². The summed E-state index contributed by atoms with van der Waals surface area (Å²) >= 11 is 0. The van der Waals surface area contributed by atoms with Crippen LogP contribution in [-0.2, 0) is 10.2 Å². The van der Waals surface area contributed by atoms with Crippen molar-refractivity contribution >= 4 is 6.09 Å². The second-order valence-electron chi connectivity index (χ2n) is 4.94. The lowest BCUT2D eigenvalue weighted by molar-refractivity contribution is 0.150. The van der Waals surface area contributed by atoms with Crippen LogP contribution in [0.2, 0.25) is 0 Å². The predicted molar refractivity (Wildman–Crippen MR) is 68.3 cm³/mol. The minimum Gasteiger partial charge on any atom is -0.450 e. The number of aliphatic hydroxyl groups is 1. The molecule has 2 rings (SSSR count). The lowest BCUT2D eigenvalue weighted by Gasteiger charge is -2.19. The number of carbonyl (C=O) groups is 1. The van der Waals surface area contributed by atoms with Crippen LogP contribution >= 0.6 is 0 Å². The fourth-order valence-electron chi connectivity index (χ4n) is 2.55. The molecule has 1 saturated carbocycles. The number of halogens is 2. The van der Waals surface area contributed by atoms with Crippen LogP contribution in [0.25, 0.3) is 0 Å². The van der Waals surface area contributed by atoms with E-state index in [1.54, 1.807) is 6.92 Å². The molecule has 0 unspecified atom stereocenters. The maximum Gasteiger partial charge on any atom is 0.407 e. The fourth-order valence-corrected chi connectivity index (χ4v) is 2.55. The van der Waals surface area contributed by atoms with Crippen molar-refractivity contribution in [3.8, 4) is 0 Å². The number of amides is 1. The monoisotopic (exact) mass is 285 g/mol. The lowest BCUT2D eigenvalue weighted by Crippen LogP contribution is -2.34. The Bertz CT molecular complexity index is 509. The van der Waals surface area contributed by atoms with Gasteiger partial charge in [0, 0.05) is 18.6 Å². The molecule has 0 spiro atoms. The third-order valence-corrected chi connectivity index (χ3v) is 3.74. The Morgan fingerprint density at radius 3 is 2.90 bits per heavy atom. The van der Waals surface area contributed by atoms with E-state index in [1.807, 2.05) is 0 Å². The molecule has 4 nitrogen and oxygen atoms in total. The van der Waals surface area contributed by atoms with Crippen LogP contribution in [0.3, 0.4) is 0 Å². The summed E-state index contributed by atoms with van der Waals surface area (Å²) in [5, 5.41) is 11.8. The maximum atomic E-state index is 13.9. The molecule has 2 N–H and O–H groups in total. The third kappa shape index (κ3) is 2.75. The SMILES string of the molecule is CCOC(=O)NC[C@@]1(c2cc(F)ccc2F)C[C@H]1CO. The van der Waals surface area contributed by atoms with Gasteiger partial charge in [0.25, 0.3) is 0 Å². The number of hydrogen-bond acceptors (Lipinski definition) is 3. The highest BCUT2D eigenvalue weighted by atomic mass is 19.1. The molecule has 1 aliphatic carbocycles. The van der Waals surface area contributed by atoms with E-state index in [0.717, 1.165) is 18.2 Å². The maximum absolute atomic E-state index is 13.9. The van der Waals surface area contributed by atoms with Crippen LogP contribution in [0.4, 0.5) is 13.6 Å². The molecule has 0 heterocycles. The van der Waals surface area contributed by atoms with Gasteiger partial charge in [-0.2, -0.15) is 0 Å². The van der Waals surface area contributed by atoms with E-state index in [9.17, 15) is 18.7 Å². The van der Waals surface area contributed by atoms with Crippen LogP contribution in [0.5, 0.6) is 0 Å². The first kappa shape index (κ1) is 14.7. The summed E-state index contributed by atoms with van der Waals surface area (Å²) in [6.45, 7) is 1.88. The minimum atomic E-state index is -0.756. The summed E-state index contributed by atoms with van der Waals surface area (Å²) in [6.07, 6.45) is -0.108. The molecule has 0 aliphatic heterocycles. The van der Waals surface area contributed by atoms with E-state index < -0.39 is 23.1 Å². The van der Waals surface area contributed by atoms with Gasteiger partial charge in [-0.3, -0.25) is 0 Å². The van der Waals surface area contributed by atoms with Crippen molar-refractivity contribution in [3.05, 3.63) is 35.4 Å². The van der Waals surface area contributed by atoms with Crippen molar-refractivity contribution in [1.82, 2.24) is 5.32 Å². The molecular weight excluding hydrogens is 268 g/mol. The van der Waals surface area contributed by atoms with Crippen LogP contribution in [-0.4, -0.2) is 31.0 Å². The van der Waals surface area contributed by atoms with E-state index in [0.29, 0.717) is 6.42 Å². The number of rotatable bonds is 5. The molecule has 1 amide bonds. The molecule has 0 aromatic heterocycles. The van der Waals surface area contributed by atoms with E-state index in [-0.39, 0.29) is 31.2 Å². The summed E-state index contributed by atoms with van der Waals surface area (Å²) in [7, 11) is 0. The average Bonchev–Trinajstić information content (AvgIpc) is 3.14. The molecule has 6 heteroatoms. The van der Waals surface area contributed by atoms with Crippen molar-refractivity contribution in [1.29, 1.82) is 0 Å². The van der Waals surface area contributed by atoms with E-state index in [2.05, 4.69) is 5.32 Å². The molecule has 1 fully saturated rings. The molecule has 2 atom stereocenters. The van der Waals surface area contributed by atoms with Crippen LogP contribution < -0.4 is 5.32 Å². The van der Waals surface area contributed by atoms with Gasteiger partial charge in [-0.15, -0.1) is 0 Å². The summed E-state index contributed by atoms with van der Waals surface area (Å²) in [5.41, 5.74) is -0.568. The zero-order valence-electron chi connectivity index (χ0n) is 11.2. The molecule has 20 heavy (non-hydrogen) atoms. The minimum absolute atomic E-state index is 0.109. The number of benzene rings is 1. The van der Waals surface area contributed by atoms with Gasteiger partial charge in [-0.1, -0.05) is 0 Å². The topological polar surface area (TPSA) is 58.6 Å². The first-order chi connectivity index (χ1) is 9.53. The van der Waals surface area contributed by atoms with Crippen LogP contribution in [0, 0.1) is 17.6 Å². The summed E-state index contributed by atoms with van der Waals surface area (Å²) < 4.78 is 32.0. The number of ether oxygens (including phenoxy) is 1. The van der Waals surface area contributed by atoms with E-state index >= 15 is 0 Å². The van der Waals surface area contributed by atoms with Crippen LogP contribution in [0.1, 0.15) is 18.9 Å². The highest BCUT2D eigenvalue weighted by Gasteiger charge is 2.56. The molecular formula is C14H17F2NO3. The van der Waals surface area contributed by atoms with E-state index in [4.69, 9.17) is 4.74 Å². The van der Waals surface area contributed by atoms with Crippen molar-refractivity contribution in [2.75, 3.05) is 19.8 Å². The Morgan fingerprint density at radius 2 is 2.30 bits per heavy atom. The molecule has 0 radical (unpaired) electrons. The largest absolute Gasteiger partial charge is 0.450 e. The summed E-state index contributed by atoms with van der Waals surface area (Å²) in [4.78, 5) is 11.3. The molecule has 0 bridgehead atoms. The van der Waals surface area contributed by atoms with Gasteiger partial charge >= 0.3 is 6.09 Å². The van der Waals surface area contributed by atoms with Gasteiger partial charge in [-0.25, -0.2) is 13.6 Å². The first-order valence-electron chi connectivity index (χ1n) is 6.50. The summed E-state index contributed by atoms with van der Waals surface area (Å²) in [5.74, 6) is -1.27. The van der Waals surface area contributed by atoms with Gasteiger partial charge < -0.3 is 15.2 Å². The van der Waals surface area contributed by atoms with Gasteiger partial charge in [0.15, 0.2) is 0 Å². The Hall–Kier alpha value is -1.69. The average molecular weight is 285 g/mol. The standard InChI is InChI=1S/C14H17F2NO3/c1-2-20-13(19)17-8-14(6-9(14)7-18)11-5-10(15)3-4-12(11)16/h3-5,9,18H,2,6-8H2,1H3,(H,17,19)/t9-,14-/m0/s1. The summed E-state index contributed by atoms with van der Waals surface area (Å²) in [6, 6.07) is 3.23. The smallest absolute Gasteiger partial charge is 0.407 e.